The monoisotopic (exact) mass is 468 g/mol. The number of ether oxygens (including phenoxy) is 1. The Balaban J connectivity index is 1.33. The smallest absolute Gasteiger partial charge is 0.343 e. The third-order valence-electron chi connectivity index (χ3n) is 5.12. The Bertz CT molecular complexity index is 1220. The van der Waals surface area contributed by atoms with E-state index in [1.807, 2.05) is 24.3 Å². The quantitative estimate of drug-likeness (QED) is 0.541. The number of para-hydroxylation sites is 1. The number of aromatic nitrogens is 3. The number of carbonyl (C=O) groups is 2. The summed E-state index contributed by atoms with van der Waals surface area (Å²) in [6.45, 7) is -0.207. The van der Waals surface area contributed by atoms with Gasteiger partial charge in [0, 0.05) is 28.4 Å². The van der Waals surface area contributed by atoms with Gasteiger partial charge >= 0.3 is 5.97 Å². The minimum absolute atomic E-state index is 0.0130. The number of nitrogen functional groups attached to an aromatic ring is 1. The molecule has 0 spiro atoms. The van der Waals surface area contributed by atoms with Gasteiger partial charge in [-0.15, -0.1) is 0 Å². The van der Waals surface area contributed by atoms with Gasteiger partial charge in [0.05, 0.1) is 5.69 Å². The van der Waals surface area contributed by atoms with Crippen molar-refractivity contribution < 1.29 is 14.3 Å². The highest BCUT2D eigenvalue weighted by atomic mass is 35.5. The largest absolute Gasteiger partial charge is 0.455 e. The first kappa shape index (κ1) is 20.5. The maximum absolute atomic E-state index is 13.2. The van der Waals surface area contributed by atoms with Crippen LogP contribution < -0.4 is 16.0 Å². The Hall–Kier alpha value is -3.37. The molecule has 0 aliphatic carbocycles. The zero-order valence-electron chi connectivity index (χ0n) is 16.6. The Morgan fingerprint density at radius 1 is 1.19 bits per heavy atom. The minimum Gasteiger partial charge on any atom is -0.455 e. The molecule has 162 valence electrons. The molecule has 11 heteroatoms. The Kier molecular flexibility index (Phi) is 5.10. The van der Waals surface area contributed by atoms with Crippen molar-refractivity contribution in [2.75, 3.05) is 16.0 Å². The third kappa shape index (κ3) is 3.61. The maximum atomic E-state index is 13.2. The van der Waals surface area contributed by atoms with Gasteiger partial charge in [-0.3, -0.25) is 9.69 Å². The third-order valence-corrected chi connectivity index (χ3v) is 6.83. The van der Waals surface area contributed by atoms with Gasteiger partial charge in [-0.1, -0.05) is 35.5 Å². The number of nitrogens with two attached hydrogens (primary N) is 1. The number of anilines is 4. The number of nitrogens with one attached hydrogen (secondary N) is 1. The summed E-state index contributed by atoms with van der Waals surface area (Å²) in [5, 5.41) is 3.61. The van der Waals surface area contributed by atoms with Gasteiger partial charge in [0.25, 0.3) is 0 Å². The summed E-state index contributed by atoms with van der Waals surface area (Å²) in [6.07, 6.45) is 0.650. The Morgan fingerprint density at radius 2 is 1.97 bits per heavy atom. The van der Waals surface area contributed by atoms with Crippen molar-refractivity contribution in [2.24, 2.45) is 0 Å². The predicted molar refractivity (Wildman–Crippen MR) is 121 cm³/mol. The van der Waals surface area contributed by atoms with Crippen LogP contribution in [0.3, 0.4) is 0 Å². The van der Waals surface area contributed by atoms with Crippen LogP contribution in [0, 0.1) is 0 Å². The van der Waals surface area contributed by atoms with E-state index < -0.39 is 10.8 Å². The number of thioether (sulfide) groups is 1. The molecule has 9 nitrogen and oxygen atoms in total. The molecule has 0 bridgehead atoms. The van der Waals surface area contributed by atoms with Crippen LogP contribution in [-0.2, 0) is 20.9 Å². The van der Waals surface area contributed by atoms with Crippen molar-refractivity contribution in [3.63, 3.8) is 0 Å². The van der Waals surface area contributed by atoms with E-state index in [0.717, 1.165) is 10.6 Å². The number of esters is 1. The number of fused-ring (bicyclic) bond motifs is 3. The van der Waals surface area contributed by atoms with Gasteiger partial charge in [-0.25, -0.2) is 4.79 Å². The fraction of sp³-hybridized carbons (Fsp3) is 0.190. The fourth-order valence-corrected chi connectivity index (χ4v) is 5.27. The highest BCUT2D eigenvalue weighted by molar-refractivity contribution is 8.02. The van der Waals surface area contributed by atoms with Crippen LogP contribution in [0.4, 0.5) is 23.3 Å². The first-order chi connectivity index (χ1) is 15.4. The van der Waals surface area contributed by atoms with Crippen LogP contribution in [0.25, 0.3) is 0 Å². The molecule has 1 fully saturated rings. The molecule has 3 aromatic rings. The van der Waals surface area contributed by atoms with Gasteiger partial charge in [-0.2, -0.15) is 15.0 Å². The normalized spacial score (nSPS) is 18.9. The maximum Gasteiger partial charge on any atom is 0.343 e. The summed E-state index contributed by atoms with van der Waals surface area (Å²) in [6, 6.07) is 14.4. The molecule has 3 N–H and O–H groups in total. The molecule has 1 aromatic heterocycles. The van der Waals surface area contributed by atoms with Crippen LogP contribution in [-0.4, -0.2) is 31.7 Å². The molecule has 0 saturated carbocycles. The predicted octanol–water partition coefficient (Wildman–Crippen LogP) is 3.52. The lowest BCUT2D eigenvalue weighted by Crippen LogP contribution is -2.47. The molecule has 2 aliphatic heterocycles. The van der Waals surface area contributed by atoms with E-state index in [-0.39, 0.29) is 36.7 Å². The van der Waals surface area contributed by atoms with Crippen molar-refractivity contribution >= 4 is 58.5 Å². The molecule has 1 atom stereocenters. The summed E-state index contributed by atoms with van der Waals surface area (Å²) < 4.78 is 5.56. The number of hydrogen-bond donors (Lipinski definition) is 2. The van der Waals surface area contributed by atoms with E-state index >= 15 is 0 Å². The van der Waals surface area contributed by atoms with Crippen LogP contribution >= 0.6 is 23.4 Å². The van der Waals surface area contributed by atoms with Crippen LogP contribution in [0.15, 0.2) is 53.4 Å². The van der Waals surface area contributed by atoms with Crippen molar-refractivity contribution in [2.45, 2.75) is 29.2 Å². The van der Waals surface area contributed by atoms with Gasteiger partial charge in [0.15, 0.2) is 17.3 Å². The topological polar surface area (TPSA) is 123 Å². The molecule has 5 rings (SSSR count). The molecule has 3 heterocycles. The number of hydrogen-bond acceptors (Lipinski definition) is 9. The molecule has 1 saturated heterocycles. The number of carbonyl (C=O) groups excluding carboxylic acids is 2. The summed E-state index contributed by atoms with van der Waals surface area (Å²) in [7, 11) is 0. The Morgan fingerprint density at radius 3 is 2.78 bits per heavy atom. The van der Waals surface area contributed by atoms with E-state index in [9.17, 15) is 9.59 Å². The number of nitrogens with zero attached hydrogens (tertiary/aromatic N) is 4. The van der Waals surface area contributed by atoms with E-state index in [0.29, 0.717) is 17.1 Å². The van der Waals surface area contributed by atoms with E-state index in [1.165, 1.54) is 11.8 Å². The lowest BCUT2D eigenvalue weighted by molar-refractivity contribution is -0.148. The number of rotatable bonds is 5. The van der Waals surface area contributed by atoms with Crippen LogP contribution in [0.1, 0.15) is 18.7 Å². The number of halogens is 1. The molecule has 1 unspecified atom stereocenters. The highest BCUT2D eigenvalue weighted by Gasteiger charge is 2.58. The summed E-state index contributed by atoms with van der Waals surface area (Å²) in [5.74, 6) is -0.227. The molecule has 0 radical (unpaired) electrons. The summed E-state index contributed by atoms with van der Waals surface area (Å²) in [5.41, 5.74) is 7.25. The van der Waals surface area contributed by atoms with Gasteiger partial charge < -0.3 is 15.8 Å². The van der Waals surface area contributed by atoms with Crippen molar-refractivity contribution in [1.82, 2.24) is 15.0 Å². The second kappa shape index (κ2) is 7.95. The Labute approximate surface area is 192 Å². The average Bonchev–Trinajstić information content (AvgIpc) is 3.29. The second-order valence-electron chi connectivity index (χ2n) is 7.22. The van der Waals surface area contributed by atoms with Gasteiger partial charge in [-0.05, 0) is 36.4 Å². The zero-order valence-corrected chi connectivity index (χ0v) is 18.2. The SMILES string of the molecule is Nc1nc(COC(=O)C23CCC(=O)N2c2ccccc2S3)nc(Nc2ccc(Cl)cc2)n1. The molecule has 1 amide bonds. The van der Waals surface area contributed by atoms with Gasteiger partial charge in [0.2, 0.25) is 17.8 Å². The zero-order chi connectivity index (χ0) is 22.3. The van der Waals surface area contributed by atoms with Crippen molar-refractivity contribution in [1.29, 1.82) is 0 Å². The minimum atomic E-state index is -1.11. The molecule has 2 aliphatic rings. The van der Waals surface area contributed by atoms with Gasteiger partial charge in [0.1, 0.15) is 0 Å². The first-order valence-corrected chi connectivity index (χ1v) is 11.0. The molecule has 2 aromatic carbocycles. The van der Waals surface area contributed by atoms with Crippen molar-refractivity contribution in [3.8, 4) is 0 Å². The lowest BCUT2D eigenvalue weighted by Gasteiger charge is -2.28. The summed E-state index contributed by atoms with van der Waals surface area (Å²) in [4.78, 5) is 39.4. The van der Waals surface area contributed by atoms with Crippen molar-refractivity contribution in [3.05, 3.63) is 59.4 Å². The highest BCUT2D eigenvalue weighted by Crippen LogP contribution is 2.56. The standard InChI is InChI=1S/C21H17ClN6O3S/c22-12-5-7-13(8-6-12)24-20-26-16(25-19(23)27-20)11-31-18(30)21-10-9-17(29)28(21)14-3-1-2-4-15(14)32-21/h1-8H,9-11H2,(H3,23,24,25,26,27). The number of benzene rings is 2. The van der Waals surface area contributed by atoms with E-state index in [1.54, 1.807) is 29.2 Å². The summed E-state index contributed by atoms with van der Waals surface area (Å²) >= 11 is 7.24. The van der Waals surface area contributed by atoms with E-state index in [4.69, 9.17) is 22.1 Å². The van der Waals surface area contributed by atoms with Crippen LogP contribution in [0.5, 0.6) is 0 Å². The fourth-order valence-electron chi connectivity index (χ4n) is 3.74. The molecular weight excluding hydrogens is 452 g/mol. The molecular formula is C21H17ClN6O3S. The second-order valence-corrected chi connectivity index (χ2v) is 8.98. The lowest BCUT2D eigenvalue weighted by atomic mass is 10.2. The first-order valence-electron chi connectivity index (χ1n) is 9.76. The average molecular weight is 469 g/mol. The molecule has 32 heavy (non-hydrogen) atoms. The number of amides is 1. The van der Waals surface area contributed by atoms with Crippen LogP contribution in [0.2, 0.25) is 5.02 Å². The van der Waals surface area contributed by atoms with E-state index in [2.05, 4.69) is 20.3 Å².